The summed E-state index contributed by atoms with van der Waals surface area (Å²) >= 11 is 7.83. The van der Waals surface area contributed by atoms with Crippen LogP contribution >= 0.6 is 22.9 Å². The quantitative estimate of drug-likeness (QED) is 0.465. The molecule has 0 fully saturated rings. The smallest absolute Gasteiger partial charge is 0.261 e. The molecule has 1 atom stereocenters. The molecular weight excluding hydrogens is 456 g/mol. The van der Waals surface area contributed by atoms with E-state index in [1.54, 1.807) is 28.4 Å². The van der Waals surface area contributed by atoms with Crippen molar-refractivity contribution in [3.8, 4) is 5.75 Å². The molecule has 1 aliphatic heterocycles. The molecule has 0 saturated heterocycles. The number of ether oxygens (including phenoxy) is 1. The average molecular weight is 483 g/mol. The van der Waals surface area contributed by atoms with E-state index in [1.165, 1.54) is 4.88 Å². The van der Waals surface area contributed by atoms with Crippen LogP contribution in [0.1, 0.15) is 35.9 Å². The molecule has 0 radical (unpaired) electrons. The zero-order valence-electron chi connectivity index (χ0n) is 18.7. The maximum Gasteiger partial charge on any atom is 0.261 e. The summed E-state index contributed by atoms with van der Waals surface area (Å²) in [6.07, 6.45) is 0.815. The van der Waals surface area contributed by atoms with Crippen LogP contribution < -0.4 is 4.74 Å². The van der Waals surface area contributed by atoms with Gasteiger partial charge >= 0.3 is 0 Å². The highest BCUT2D eigenvalue weighted by Gasteiger charge is 2.34. The third kappa shape index (κ3) is 5.40. The number of hydrogen-bond acceptors (Lipinski definition) is 4. The summed E-state index contributed by atoms with van der Waals surface area (Å²) in [7, 11) is 0. The summed E-state index contributed by atoms with van der Waals surface area (Å²) in [6, 6.07) is 18.6. The summed E-state index contributed by atoms with van der Waals surface area (Å²) in [4.78, 5) is 31.3. The van der Waals surface area contributed by atoms with Crippen LogP contribution in [-0.2, 0) is 16.0 Å². The van der Waals surface area contributed by atoms with Gasteiger partial charge in [0, 0.05) is 22.5 Å². The standard InChI is InChI=1S/C26H27ClN2O3S/c1-18(2)29(25(31)17-32-21-6-4-3-5-7-21)16-24(30)28-14-12-23-22(13-15-33-23)26(28)19-8-10-20(27)11-9-19/h3-11,13,15,18,26H,12,14,16-17H2,1-2H3. The van der Waals surface area contributed by atoms with E-state index in [0.717, 1.165) is 17.5 Å². The maximum absolute atomic E-state index is 13.5. The number of hydrogen-bond donors (Lipinski definition) is 0. The highest BCUT2D eigenvalue weighted by Crippen LogP contribution is 2.38. The van der Waals surface area contributed by atoms with E-state index in [0.29, 0.717) is 17.3 Å². The van der Waals surface area contributed by atoms with Gasteiger partial charge < -0.3 is 14.5 Å². The molecule has 2 aromatic carbocycles. The lowest BCUT2D eigenvalue weighted by molar-refractivity contribution is -0.144. The Balaban J connectivity index is 1.52. The third-order valence-corrected chi connectivity index (χ3v) is 7.08. The minimum atomic E-state index is -0.210. The zero-order valence-corrected chi connectivity index (χ0v) is 20.3. The summed E-state index contributed by atoms with van der Waals surface area (Å²) in [5.74, 6) is 0.344. The fourth-order valence-corrected chi connectivity index (χ4v) is 5.16. The monoisotopic (exact) mass is 482 g/mol. The van der Waals surface area contributed by atoms with Gasteiger partial charge in [-0.2, -0.15) is 0 Å². The van der Waals surface area contributed by atoms with Crippen LogP contribution in [0, 0.1) is 0 Å². The van der Waals surface area contributed by atoms with Gasteiger partial charge in [-0.15, -0.1) is 11.3 Å². The summed E-state index contributed by atoms with van der Waals surface area (Å²) in [5.41, 5.74) is 2.17. The Bertz CT molecular complexity index is 1100. The Morgan fingerprint density at radius 2 is 1.85 bits per heavy atom. The molecule has 1 aliphatic rings. The van der Waals surface area contributed by atoms with E-state index in [1.807, 2.05) is 61.2 Å². The van der Waals surface area contributed by atoms with E-state index >= 15 is 0 Å². The first kappa shape index (κ1) is 23.3. The molecule has 0 N–H and O–H groups in total. The highest BCUT2D eigenvalue weighted by atomic mass is 35.5. The molecule has 7 heteroatoms. The minimum absolute atomic E-state index is 0.0121. The largest absolute Gasteiger partial charge is 0.484 e. The van der Waals surface area contributed by atoms with Crippen molar-refractivity contribution in [2.24, 2.45) is 0 Å². The average Bonchev–Trinajstić information content (AvgIpc) is 3.30. The van der Waals surface area contributed by atoms with E-state index < -0.39 is 0 Å². The van der Waals surface area contributed by atoms with Gasteiger partial charge in [-0.25, -0.2) is 0 Å². The number of halogens is 1. The van der Waals surface area contributed by atoms with Crippen molar-refractivity contribution in [3.63, 3.8) is 0 Å². The van der Waals surface area contributed by atoms with Gasteiger partial charge in [0.2, 0.25) is 5.91 Å². The third-order valence-electron chi connectivity index (χ3n) is 5.83. The number of amides is 2. The molecule has 2 heterocycles. The van der Waals surface area contributed by atoms with E-state index in [4.69, 9.17) is 16.3 Å². The van der Waals surface area contributed by atoms with Crippen LogP contribution in [0.15, 0.2) is 66.0 Å². The van der Waals surface area contributed by atoms with E-state index in [-0.39, 0.29) is 37.0 Å². The predicted octanol–water partition coefficient (Wildman–Crippen LogP) is 5.19. The van der Waals surface area contributed by atoms with Crippen molar-refractivity contribution >= 4 is 34.8 Å². The highest BCUT2D eigenvalue weighted by molar-refractivity contribution is 7.10. The molecule has 172 valence electrons. The number of carbonyl (C=O) groups is 2. The molecule has 0 spiro atoms. The van der Waals surface area contributed by atoms with Gasteiger partial charge in [0.05, 0.1) is 6.04 Å². The van der Waals surface area contributed by atoms with Gasteiger partial charge in [-0.3, -0.25) is 9.59 Å². The number of benzene rings is 2. The Morgan fingerprint density at radius 3 is 2.55 bits per heavy atom. The molecule has 1 aromatic heterocycles. The second-order valence-electron chi connectivity index (χ2n) is 8.31. The van der Waals surface area contributed by atoms with Crippen LogP contribution in [0.25, 0.3) is 0 Å². The lowest BCUT2D eigenvalue weighted by Gasteiger charge is -2.38. The van der Waals surface area contributed by atoms with Crippen molar-refractivity contribution in [2.45, 2.75) is 32.4 Å². The van der Waals surface area contributed by atoms with E-state index in [9.17, 15) is 9.59 Å². The predicted molar refractivity (Wildman–Crippen MR) is 132 cm³/mol. The molecule has 0 bridgehead atoms. The fraction of sp³-hybridized carbons (Fsp3) is 0.308. The number of rotatable bonds is 7. The second kappa shape index (κ2) is 10.4. The maximum atomic E-state index is 13.5. The molecular formula is C26H27ClN2O3S. The summed E-state index contributed by atoms with van der Waals surface area (Å²) in [6.45, 7) is 4.35. The lowest BCUT2D eigenvalue weighted by Crippen LogP contribution is -2.49. The molecule has 0 saturated carbocycles. The molecule has 5 nitrogen and oxygen atoms in total. The SMILES string of the molecule is CC(C)N(CC(=O)N1CCc2sccc2C1c1ccc(Cl)cc1)C(=O)COc1ccccc1. The van der Waals surface area contributed by atoms with Gasteiger partial charge in [-0.05, 0) is 67.1 Å². The van der Waals surface area contributed by atoms with Crippen molar-refractivity contribution in [3.05, 3.63) is 87.1 Å². The normalized spacial score (nSPS) is 15.3. The number of carbonyl (C=O) groups excluding carboxylic acids is 2. The molecule has 2 amide bonds. The van der Waals surface area contributed by atoms with Crippen LogP contribution in [0.2, 0.25) is 5.02 Å². The number of para-hydroxylation sites is 1. The number of thiophene rings is 1. The van der Waals surface area contributed by atoms with Crippen molar-refractivity contribution in [1.29, 1.82) is 0 Å². The van der Waals surface area contributed by atoms with Crippen molar-refractivity contribution in [2.75, 3.05) is 19.7 Å². The van der Waals surface area contributed by atoms with Gasteiger partial charge in [0.1, 0.15) is 12.3 Å². The molecule has 1 unspecified atom stereocenters. The number of nitrogens with zero attached hydrogens (tertiary/aromatic N) is 2. The van der Waals surface area contributed by atoms with E-state index in [2.05, 4.69) is 11.4 Å². The van der Waals surface area contributed by atoms with Gasteiger partial charge in [0.15, 0.2) is 6.61 Å². The minimum Gasteiger partial charge on any atom is -0.484 e. The first-order valence-corrected chi connectivity index (χ1v) is 12.3. The Kier molecular flexibility index (Phi) is 7.36. The first-order chi connectivity index (χ1) is 15.9. The van der Waals surface area contributed by atoms with Crippen LogP contribution in [0.5, 0.6) is 5.75 Å². The van der Waals surface area contributed by atoms with Crippen LogP contribution in [0.4, 0.5) is 0 Å². The number of fused-ring (bicyclic) bond motifs is 1. The van der Waals surface area contributed by atoms with Gasteiger partial charge in [0.25, 0.3) is 5.91 Å². The summed E-state index contributed by atoms with van der Waals surface area (Å²) in [5, 5.41) is 2.74. The van der Waals surface area contributed by atoms with Gasteiger partial charge in [-0.1, -0.05) is 41.9 Å². The Labute approximate surface area is 203 Å². The van der Waals surface area contributed by atoms with Crippen molar-refractivity contribution < 1.29 is 14.3 Å². The zero-order chi connectivity index (χ0) is 23.4. The molecule has 4 rings (SSSR count). The molecule has 3 aromatic rings. The first-order valence-electron chi connectivity index (χ1n) is 11.0. The second-order valence-corrected chi connectivity index (χ2v) is 9.74. The fourth-order valence-electron chi connectivity index (χ4n) is 4.13. The molecule has 0 aliphatic carbocycles. The topological polar surface area (TPSA) is 49.9 Å². The summed E-state index contributed by atoms with van der Waals surface area (Å²) < 4.78 is 5.64. The van der Waals surface area contributed by atoms with Crippen LogP contribution in [-0.4, -0.2) is 47.4 Å². The Morgan fingerprint density at radius 1 is 1.12 bits per heavy atom. The Hall–Kier alpha value is -2.83. The lowest BCUT2D eigenvalue weighted by atomic mass is 9.93. The molecule has 33 heavy (non-hydrogen) atoms. The van der Waals surface area contributed by atoms with Crippen molar-refractivity contribution in [1.82, 2.24) is 9.80 Å². The van der Waals surface area contributed by atoms with Crippen LogP contribution in [0.3, 0.4) is 0 Å².